The fraction of sp³-hybridized carbons (Fsp3) is 0.0204. The monoisotopic (exact) mass is 684 g/mol. The van der Waals surface area contributed by atoms with Crippen molar-refractivity contribution in [2.45, 2.75) is 5.41 Å². The zero-order valence-corrected chi connectivity index (χ0v) is 29.8. The first kappa shape index (κ1) is 30.4. The molecule has 0 aliphatic heterocycles. The summed E-state index contributed by atoms with van der Waals surface area (Å²) in [6.07, 6.45) is 0. The maximum atomic E-state index is 2.44. The molecule has 0 fully saturated rings. The standard InChI is InChI=1S/C49H34P2/c1-5-19-35(20-6-1)50(36-21-7-2-8-22-36)45-33-17-29-41-39-27-13-15-31-43(39)49(47(41)45)44-32-16-14-28-40(44)42-30-18-34-46(48(42)49)51(37-23-9-3-10-24-37)38-25-11-4-12-26-38/h1-34H. The van der Waals surface area contributed by atoms with Crippen molar-refractivity contribution in [2.24, 2.45) is 0 Å². The molecule has 10 rings (SSSR count). The molecular formula is C49H34P2. The van der Waals surface area contributed by atoms with Crippen molar-refractivity contribution in [1.29, 1.82) is 0 Å². The average molecular weight is 685 g/mol. The Labute approximate surface area is 302 Å². The van der Waals surface area contributed by atoms with Crippen LogP contribution in [0.1, 0.15) is 22.3 Å². The highest BCUT2D eigenvalue weighted by Gasteiger charge is 2.54. The summed E-state index contributed by atoms with van der Waals surface area (Å²) >= 11 is 0. The van der Waals surface area contributed by atoms with Gasteiger partial charge in [-0.3, -0.25) is 0 Å². The van der Waals surface area contributed by atoms with E-state index in [1.165, 1.54) is 76.3 Å². The third-order valence-electron chi connectivity index (χ3n) is 10.6. The van der Waals surface area contributed by atoms with E-state index in [9.17, 15) is 0 Å². The van der Waals surface area contributed by atoms with Crippen LogP contribution in [0.15, 0.2) is 206 Å². The first-order valence-corrected chi connectivity index (χ1v) is 20.3. The number of benzene rings is 8. The minimum Gasteiger partial charge on any atom is -0.0622 e. The van der Waals surface area contributed by atoms with Crippen LogP contribution in [0.25, 0.3) is 22.3 Å². The fourth-order valence-corrected chi connectivity index (χ4v) is 13.8. The molecule has 8 aromatic carbocycles. The van der Waals surface area contributed by atoms with Crippen LogP contribution < -0.4 is 31.8 Å². The van der Waals surface area contributed by atoms with Crippen molar-refractivity contribution in [2.75, 3.05) is 0 Å². The van der Waals surface area contributed by atoms with E-state index < -0.39 is 21.3 Å². The second-order valence-electron chi connectivity index (χ2n) is 13.3. The lowest BCUT2D eigenvalue weighted by atomic mass is 9.70. The Hall–Kier alpha value is -5.38. The summed E-state index contributed by atoms with van der Waals surface area (Å²) in [5.74, 6) is 0. The fourth-order valence-electron chi connectivity index (χ4n) is 8.75. The van der Waals surface area contributed by atoms with Gasteiger partial charge in [-0.25, -0.2) is 0 Å². The van der Waals surface area contributed by atoms with E-state index in [0.717, 1.165) is 0 Å². The van der Waals surface area contributed by atoms with Crippen molar-refractivity contribution in [3.8, 4) is 22.3 Å². The van der Waals surface area contributed by atoms with Crippen LogP contribution in [-0.2, 0) is 5.41 Å². The molecule has 240 valence electrons. The van der Waals surface area contributed by atoms with Crippen LogP contribution in [-0.4, -0.2) is 0 Å². The molecule has 0 saturated heterocycles. The normalized spacial score (nSPS) is 13.2. The number of rotatable bonds is 6. The molecule has 0 saturated carbocycles. The molecule has 0 atom stereocenters. The van der Waals surface area contributed by atoms with Crippen molar-refractivity contribution in [1.82, 2.24) is 0 Å². The van der Waals surface area contributed by atoms with E-state index in [1.54, 1.807) is 0 Å². The molecular weight excluding hydrogens is 650 g/mol. The topological polar surface area (TPSA) is 0 Å². The molecule has 0 heterocycles. The predicted octanol–water partition coefficient (Wildman–Crippen LogP) is 9.55. The summed E-state index contributed by atoms with van der Waals surface area (Å²) in [4.78, 5) is 0. The number of hydrogen-bond acceptors (Lipinski definition) is 0. The van der Waals surface area contributed by atoms with E-state index in [-0.39, 0.29) is 0 Å². The summed E-state index contributed by atoms with van der Waals surface area (Å²) in [6, 6.07) is 77.6. The van der Waals surface area contributed by atoms with Crippen LogP contribution in [0.2, 0.25) is 0 Å². The molecule has 51 heavy (non-hydrogen) atoms. The maximum Gasteiger partial charge on any atom is 0.0738 e. The van der Waals surface area contributed by atoms with Crippen molar-refractivity contribution in [3.05, 3.63) is 229 Å². The van der Waals surface area contributed by atoms with Gasteiger partial charge in [-0.2, -0.15) is 0 Å². The molecule has 0 amide bonds. The second kappa shape index (κ2) is 12.4. The van der Waals surface area contributed by atoms with Crippen LogP contribution in [0.4, 0.5) is 0 Å². The van der Waals surface area contributed by atoms with Crippen LogP contribution >= 0.6 is 15.8 Å². The molecule has 0 radical (unpaired) electrons. The van der Waals surface area contributed by atoms with Gasteiger partial charge >= 0.3 is 0 Å². The SMILES string of the molecule is c1ccc(P(c2ccccc2)c2cccc3c2C2(c4ccccc4-3)c3ccccc3-c3cccc(P(c4ccccc4)c4ccccc4)c32)cc1. The van der Waals surface area contributed by atoms with Crippen molar-refractivity contribution < 1.29 is 0 Å². The minimum atomic E-state index is -0.879. The van der Waals surface area contributed by atoms with Gasteiger partial charge in [-0.1, -0.05) is 206 Å². The van der Waals surface area contributed by atoms with Gasteiger partial charge < -0.3 is 0 Å². The Kier molecular flexibility index (Phi) is 7.42. The first-order chi connectivity index (χ1) is 25.4. The quantitative estimate of drug-likeness (QED) is 0.153. The second-order valence-corrected chi connectivity index (χ2v) is 17.6. The summed E-state index contributed by atoms with van der Waals surface area (Å²) in [5.41, 5.74) is 10.6. The Morgan fingerprint density at radius 3 is 0.902 bits per heavy atom. The number of hydrogen-bond donors (Lipinski definition) is 0. The van der Waals surface area contributed by atoms with E-state index >= 15 is 0 Å². The Balaban J connectivity index is 1.37. The van der Waals surface area contributed by atoms with E-state index in [0.29, 0.717) is 0 Å². The summed E-state index contributed by atoms with van der Waals surface area (Å²) in [5, 5.41) is 8.33. The molecule has 0 unspecified atom stereocenters. The third kappa shape index (κ3) is 4.61. The number of fused-ring (bicyclic) bond motifs is 10. The van der Waals surface area contributed by atoms with Crippen LogP contribution in [0.3, 0.4) is 0 Å². The van der Waals surface area contributed by atoms with Gasteiger partial charge in [0.25, 0.3) is 0 Å². The van der Waals surface area contributed by atoms with Gasteiger partial charge in [-0.05, 0) is 92.2 Å². The zero-order valence-electron chi connectivity index (χ0n) is 28.0. The molecule has 2 aliphatic rings. The smallest absolute Gasteiger partial charge is 0.0622 e. The predicted molar refractivity (Wildman–Crippen MR) is 220 cm³/mol. The lowest BCUT2D eigenvalue weighted by Gasteiger charge is -2.36. The molecule has 8 aromatic rings. The van der Waals surface area contributed by atoms with Crippen LogP contribution in [0.5, 0.6) is 0 Å². The lowest BCUT2D eigenvalue weighted by Crippen LogP contribution is -2.38. The largest absolute Gasteiger partial charge is 0.0738 e. The zero-order chi connectivity index (χ0) is 33.8. The van der Waals surface area contributed by atoms with Gasteiger partial charge in [0, 0.05) is 0 Å². The molecule has 2 heteroatoms. The van der Waals surface area contributed by atoms with E-state index in [2.05, 4.69) is 206 Å². The van der Waals surface area contributed by atoms with Crippen molar-refractivity contribution in [3.63, 3.8) is 0 Å². The highest BCUT2D eigenvalue weighted by atomic mass is 31.1. The molecule has 1 spiro atoms. The molecule has 0 bridgehead atoms. The van der Waals surface area contributed by atoms with Gasteiger partial charge in [0.15, 0.2) is 0 Å². The van der Waals surface area contributed by atoms with Gasteiger partial charge in [0.1, 0.15) is 0 Å². The van der Waals surface area contributed by atoms with E-state index in [1.807, 2.05) is 0 Å². The van der Waals surface area contributed by atoms with Gasteiger partial charge in [0.2, 0.25) is 0 Å². The Morgan fingerprint density at radius 2 is 0.549 bits per heavy atom. The molecule has 0 nitrogen and oxygen atoms in total. The summed E-state index contributed by atoms with van der Waals surface area (Å²) in [7, 11) is -1.76. The average Bonchev–Trinajstić information content (AvgIpc) is 3.68. The Morgan fingerprint density at radius 1 is 0.255 bits per heavy atom. The van der Waals surface area contributed by atoms with Crippen molar-refractivity contribution >= 4 is 47.7 Å². The maximum absolute atomic E-state index is 2.44. The summed E-state index contributed by atoms with van der Waals surface area (Å²) in [6.45, 7) is 0. The lowest BCUT2D eigenvalue weighted by molar-refractivity contribution is 0.805. The van der Waals surface area contributed by atoms with Gasteiger partial charge in [-0.15, -0.1) is 0 Å². The van der Waals surface area contributed by atoms with E-state index in [4.69, 9.17) is 0 Å². The molecule has 0 aromatic heterocycles. The Bertz CT molecular complexity index is 2270. The molecule has 2 aliphatic carbocycles. The first-order valence-electron chi connectivity index (χ1n) is 17.6. The molecule has 0 N–H and O–H groups in total. The van der Waals surface area contributed by atoms with Gasteiger partial charge in [0.05, 0.1) is 5.41 Å². The van der Waals surface area contributed by atoms with Crippen LogP contribution in [0, 0.1) is 0 Å². The third-order valence-corrected chi connectivity index (χ3v) is 15.6. The highest BCUT2D eigenvalue weighted by Crippen LogP contribution is 2.64. The highest BCUT2D eigenvalue weighted by molar-refractivity contribution is 7.80. The minimum absolute atomic E-state index is 0.487. The summed E-state index contributed by atoms with van der Waals surface area (Å²) < 4.78 is 0.